The zero-order valence-corrected chi connectivity index (χ0v) is 18.3. The maximum atomic E-state index is 11.4. The lowest BCUT2D eigenvalue weighted by Crippen LogP contribution is -2.08. The van der Waals surface area contributed by atoms with Crippen LogP contribution in [0.1, 0.15) is 25.8 Å². The molecule has 3 aromatic rings. The molecule has 0 unspecified atom stereocenters. The average molecular weight is 437 g/mol. The van der Waals surface area contributed by atoms with Gasteiger partial charge in [0.15, 0.2) is 0 Å². The Morgan fingerprint density at radius 1 is 1.09 bits per heavy atom. The summed E-state index contributed by atoms with van der Waals surface area (Å²) in [7, 11) is 0. The van der Waals surface area contributed by atoms with Gasteiger partial charge in [0.25, 0.3) is 0 Å². The van der Waals surface area contributed by atoms with E-state index in [2.05, 4.69) is 28.1 Å². The molecule has 0 amide bonds. The Balaban J connectivity index is 0.000000390. The van der Waals surface area contributed by atoms with E-state index in [0.717, 1.165) is 29.1 Å². The van der Waals surface area contributed by atoms with E-state index in [1.54, 1.807) is 25.1 Å². The van der Waals surface area contributed by atoms with Crippen molar-refractivity contribution in [2.24, 2.45) is 0 Å². The molecule has 3 rings (SSSR count). The van der Waals surface area contributed by atoms with E-state index in [9.17, 15) is 14.7 Å². The maximum Gasteiger partial charge on any atom is 0.333 e. The Hall–Kier alpha value is -3.94. The largest absolute Gasteiger partial charge is 0.506 e. The third-order valence-corrected chi connectivity index (χ3v) is 4.13. The second-order valence-electron chi connectivity index (χ2n) is 6.84. The molecule has 2 aromatic carbocycles. The Labute approximate surface area is 186 Å². The summed E-state index contributed by atoms with van der Waals surface area (Å²) in [4.78, 5) is 23.0. The number of aromatic nitrogens is 3. The first-order chi connectivity index (χ1) is 15.3. The summed E-state index contributed by atoms with van der Waals surface area (Å²) in [6.07, 6.45) is 2.54. The minimum atomic E-state index is -0.408. The van der Waals surface area contributed by atoms with Crippen molar-refractivity contribution in [3.8, 4) is 11.4 Å². The van der Waals surface area contributed by atoms with Gasteiger partial charge in [-0.05, 0) is 43.2 Å². The van der Waals surface area contributed by atoms with E-state index < -0.39 is 5.97 Å². The van der Waals surface area contributed by atoms with Crippen LogP contribution >= 0.6 is 0 Å². The predicted molar refractivity (Wildman–Crippen MR) is 121 cm³/mol. The van der Waals surface area contributed by atoms with Crippen LogP contribution in [0.5, 0.6) is 5.75 Å². The normalized spacial score (nSPS) is 10.1. The van der Waals surface area contributed by atoms with Gasteiger partial charge in [-0.25, -0.2) is 9.59 Å². The van der Waals surface area contributed by atoms with Crippen molar-refractivity contribution in [1.82, 2.24) is 15.0 Å². The number of carbonyl (C=O) groups excluding carboxylic acids is 2. The molecule has 0 fully saturated rings. The molecule has 0 radical (unpaired) electrons. The third-order valence-electron chi connectivity index (χ3n) is 4.13. The van der Waals surface area contributed by atoms with Crippen molar-refractivity contribution in [3.63, 3.8) is 0 Å². The lowest BCUT2D eigenvalue weighted by Gasteiger charge is -2.08. The molecule has 32 heavy (non-hydrogen) atoms. The van der Waals surface area contributed by atoms with Crippen LogP contribution in [0.25, 0.3) is 16.7 Å². The molecule has 8 nitrogen and oxygen atoms in total. The zero-order valence-electron chi connectivity index (χ0n) is 18.3. The first-order valence-corrected chi connectivity index (χ1v) is 10.1. The predicted octanol–water partition coefficient (Wildman–Crippen LogP) is 3.91. The van der Waals surface area contributed by atoms with Crippen LogP contribution in [-0.2, 0) is 25.5 Å². The van der Waals surface area contributed by atoms with Crippen LogP contribution < -0.4 is 0 Å². The number of phenols is 1. The van der Waals surface area contributed by atoms with Gasteiger partial charge in [-0.15, -0.1) is 15.0 Å². The molecule has 1 aromatic heterocycles. The highest BCUT2D eigenvalue weighted by molar-refractivity contribution is 5.86. The number of fused-ring (bicyclic) bond motifs is 1. The van der Waals surface area contributed by atoms with E-state index in [4.69, 9.17) is 4.74 Å². The number of phenolic OH excluding ortho intramolecular Hbond substituents is 1. The van der Waals surface area contributed by atoms with Gasteiger partial charge in [0.2, 0.25) is 0 Å². The SMILES string of the molecule is C=C(C)C(=O)OCCc1ccc(O)c(-n2nc3ccccc3n2)c1.C=CC(=O)OCCC. The number of carbonyl (C=O) groups is 2. The van der Waals surface area contributed by atoms with E-state index in [0.29, 0.717) is 24.3 Å². The van der Waals surface area contributed by atoms with E-state index in [-0.39, 0.29) is 18.3 Å². The first kappa shape index (κ1) is 24.3. The van der Waals surface area contributed by atoms with Gasteiger partial charge >= 0.3 is 11.9 Å². The number of hydrogen-bond acceptors (Lipinski definition) is 7. The van der Waals surface area contributed by atoms with Crippen LogP contribution in [0.2, 0.25) is 0 Å². The molecule has 1 heterocycles. The standard InChI is InChI=1S/C18H17N3O3.C6H10O2/c1-12(2)18(23)24-10-9-13-7-8-17(22)16(11-13)21-19-14-5-3-4-6-15(14)20-21;1-3-5-8-6(7)4-2/h3-8,11,22H,1,9-10H2,2H3;4H,2-3,5H2,1H3. The van der Waals surface area contributed by atoms with E-state index >= 15 is 0 Å². The zero-order chi connectivity index (χ0) is 23.5. The highest BCUT2D eigenvalue weighted by Crippen LogP contribution is 2.23. The molecule has 0 spiro atoms. The van der Waals surface area contributed by atoms with Gasteiger partial charge < -0.3 is 14.6 Å². The van der Waals surface area contributed by atoms with Crippen molar-refractivity contribution in [3.05, 3.63) is 72.8 Å². The fraction of sp³-hybridized carbons (Fsp3) is 0.250. The molecule has 0 aliphatic rings. The van der Waals surface area contributed by atoms with Gasteiger partial charge in [0.1, 0.15) is 22.5 Å². The summed E-state index contributed by atoms with van der Waals surface area (Å²) in [6, 6.07) is 12.6. The first-order valence-electron chi connectivity index (χ1n) is 10.1. The van der Waals surface area contributed by atoms with Gasteiger partial charge in [0.05, 0.1) is 13.2 Å². The number of esters is 2. The van der Waals surface area contributed by atoms with Crippen LogP contribution in [0.15, 0.2) is 67.3 Å². The Kier molecular flexibility index (Phi) is 9.16. The summed E-state index contributed by atoms with van der Waals surface area (Å²) >= 11 is 0. The fourth-order valence-corrected chi connectivity index (χ4v) is 2.50. The molecule has 0 atom stereocenters. The van der Waals surface area contributed by atoms with Crippen molar-refractivity contribution < 1.29 is 24.2 Å². The molecular formula is C24H27N3O5. The van der Waals surface area contributed by atoms with E-state index in [1.165, 1.54) is 4.80 Å². The monoisotopic (exact) mass is 437 g/mol. The lowest BCUT2D eigenvalue weighted by atomic mass is 10.1. The second-order valence-corrected chi connectivity index (χ2v) is 6.84. The molecule has 0 saturated heterocycles. The minimum Gasteiger partial charge on any atom is -0.506 e. The molecule has 168 valence electrons. The molecule has 0 aliphatic heterocycles. The highest BCUT2D eigenvalue weighted by Gasteiger charge is 2.10. The Morgan fingerprint density at radius 2 is 1.75 bits per heavy atom. The van der Waals surface area contributed by atoms with Crippen LogP contribution in [0.4, 0.5) is 0 Å². The molecular weight excluding hydrogens is 410 g/mol. The molecule has 0 saturated carbocycles. The third kappa shape index (κ3) is 7.09. The highest BCUT2D eigenvalue weighted by atomic mass is 16.5. The Bertz CT molecular complexity index is 1070. The number of aromatic hydroxyl groups is 1. The molecule has 8 heteroatoms. The lowest BCUT2D eigenvalue weighted by molar-refractivity contribution is -0.139. The average Bonchev–Trinajstić information content (AvgIpc) is 3.22. The number of ether oxygens (including phenoxy) is 2. The second kappa shape index (κ2) is 12.0. The Morgan fingerprint density at radius 3 is 2.31 bits per heavy atom. The minimum absolute atomic E-state index is 0.0815. The van der Waals surface area contributed by atoms with Crippen molar-refractivity contribution >= 4 is 23.0 Å². The number of rotatable bonds is 8. The van der Waals surface area contributed by atoms with Crippen molar-refractivity contribution in [2.75, 3.05) is 13.2 Å². The number of nitrogens with zero attached hydrogens (tertiary/aromatic N) is 3. The molecule has 1 N–H and O–H groups in total. The topological polar surface area (TPSA) is 104 Å². The number of benzene rings is 2. The quantitative estimate of drug-likeness (QED) is 0.421. The van der Waals surface area contributed by atoms with Gasteiger partial charge in [-0.3, -0.25) is 0 Å². The van der Waals surface area contributed by atoms with Gasteiger partial charge in [-0.2, -0.15) is 0 Å². The van der Waals surface area contributed by atoms with Gasteiger partial charge in [-0.1, -0.05) is 38.3 Å². The summed E-state index contributed by atoms with van der Waals surface area (Å²) < 4.78 is 9.68. The maximum absolute atomic E-state index is 11.4. The fourth-order valence-electron chi connectivity index (χ4n) is 2.50. The van der Waals surface area contributed by atoms with Crippen LogP contribution in [0.3, 0.4) is 0 Å². The van der Waals surface area contributed by atoms with Crippen molar-refractivity contribution in [1.29, 1.82) is 0 Å². The summed E-state index contributed by atoms with van der Waals surface area (Å²) in [5.41, 5.74) is 3.25. The van der Waals surface area contributed by atoms with E-state index in [1.807, 2.05) is 31.2 Å². The molecule has 0 bridgehead atoms. The number of hydrogen-bond donors (Lipinski definition) is 1. The van der Waals surface area contributed by atoms with Crippen LogP contribution in [0, 0.1) is 0 Å². The molecule has 0 aliphatic carbocycles. The smallest absolute Gasteiger partial charge is 0.333 e. The summed E-state index contributed by atoms with van der Waals surface area (Å²) in [5, 5.41) is 18.8. The van der Waals surface area contributed by atoms with Crippen molar-refractivity contribution in [2.45, 2.75) is 26.7 Å². The van der Waals surface area contributed by atoms with Crippen LogP contribution in [-0.4, -0.2) is 45.3 Å². The van der Waals surface area contributed by atoms with Gasteiger partial charge in [0, 0.05) is 18.1 Å². The summed E-state index contributed by atoms with van der Waals surface area (Å²) in [5.74, 6) is -0.668. The summed E-state index contributed by atoms with van der Waals surface area (Å²) in [6.45, 7) is 11.1.